The summed E-state index contributed by atoms with van der Waals surface area (Å²) in [6.45, 7) is 0.202. The number of ether oxygens (including phenoxy) is 2. The van der Waals surface area contributed by atoms with Crippen LogP contribution in [-0.2, 0) is 6.54 Å². The average molecular weight is 368 g/mol. The van der Waals surface area contributed by atoms with Gasteiger partial charge in [0, 0.05) is 4.47 Å². The van der Waals surface area contributed by atoms with Crippen LogP contribution in [0.15, 0.2) is 21.1 Å². The molecule has 7 heteroatoms. The van der Waals surface area contributed by atoms with Gasteiger partial charge in [0.2, 0.25) is 11.7 Å². The van der Waals surface area contributed by atoms with Gasteiger partial charge in [-0.05, 0) is 53.7 Å². The van der Waals surface area contributed by atoms with Crippen molar-refractivity contribution >= 4 is 15.9 Å². The molecule has 0 radical (unpaired) electrons. The highest BCUT2D eigenvalue weighted by atomic mass is 79.9. The molecule has 1 aromatic carbocycles. The molecule has 2 aromatic rings. The maximum Gasteiger partial charge on any atom is 0.240 e. The number of nitrogens with zero attached hydrogens (tertiary/aromatic N) is 2. The fourth-order valence-electron chi connectivity index (χ4n) is 2.64. The summed E-state index contributed by atoms with van der Waals surface area (Å²) in [5.41, 5.74) is 6.27. The topological polar surface area (TPSA) is 83.4 Å². The molecule has 0 saturated heterocycles. The number of benzene rings is 1. The fourth-order valence-corrected chi connectivity index (χ4v) is 3.13. The molecule has 1 aliphatic carbocycles. The van der Waals surface area contributed by atoms with E-state index < -0.39 is 0 Å². The molecule has 0 bridgehead atoms. The standard InChI is InChI=1S/C15H18BrN3O3/c1-20-11-7-6-10(16)13(15-18-12(8-17)22-19-15)14(11)21-9-4-2-3-5-9/h6-7,9H,2-5,8,17H2,1H3. The van der Waals surface area contributed by atoms with E-state index in [0.29, 0.717) is 23.2 Å². The van der Waals surface area contributed by atoms with Crippen LogP contribution in [0, 0.1) is 0 Å². The molecule has 0 unspecified atom stereocenters. The van der Waals surface area contributed by atoms with E-state index in [4.69, 9.17) is 19.7 Å². The van der Waals surface area contributed by atoms with Crippen molar-refractivity contribution in [2.45, 2.75) is 38.3 Å². The van der Waals surface area contributed by atoms with Crippen LogP contribution in [0.2, 0.25) is 0 Å². The molecular formula is C15H18BrN3O3. The molecule has 0 aliphatic heterocycles. The Morgan fingerprint density at radius 1 is 1.36 bits per heavy atom. The van der Waals surface area contributed by atoms with E-state index in [2.05, 4.69) is 26.1 Å². The van der Waals surface area contributed by atoms with E-state index in [1.165, 1.54) is 12.8 Å². The lowest BCUT2D eigenvalue weighted by atomic mass is 10.1. The van der Waals surface area contributed by atoms with Crippen molar-refractivity contribution in [3.8, 4) is 22.9 Å². The number of hydrogen-bond acceptors (Lipinski definition) is 6. The zero-order valence-corrected chi connectivity index (χ0v) is 13.9. The molecule has 1 heterocycles. The average Bonchev–Trinajstić information content (AvgIpc) is 3.19. The summed E-state index contributed by atoms with van der Waals surface area (Å²) in [5, 5.41) is 4.00. The number of halogens is 1. The van der Waals surface area contributed by atoms with Gasteiger partial charge in [-0.25, -0.2) is 0 Å². The van der Waals surface area contributed by atoms with Crippen molar-refractivity contribution < 1.29 is 14.0 Å². The monoisotopic (exact) mass is 367 g/mol. The molecule has 3 rings (SSSR count). The highest BCUT2D eigenvalue weighted by Gasteiger charge is 2.25. The van der Waals surface area contributed by atoms with Gasteiger partial charge in [0.1, 0.15) is 0 Å². The predicted molar refractivity (Wildman–Crippen MR) is 84.8 cm³/mol. The van der Waals surface area contributed by atoms with Crippen LogP contribution in [0.1, 0.15) is 31.6 Å². The van der Waals surface area contributed by atoms with Crippen molar-refractivity contribution in [2.24, 2.45) is 5.73 Å². The first-order valence-corrected chi connectivity index (χ1v) is 8.08. The van der Waals surface area contributed by atoms with Crippen LogP contribution >= 0.6 is 15.9 Å². The van der Waals surface area contributed by atoms with Crippen molar-refractivity contribution in [3.05, 3.63) is 22.5 Å². The van der Waals surface area contributed by atoms with Gasteiger partial charge in [-0.1, -0.05) is 5.16 Å². The lowest BCUT2D eigenvalue weighted by Gasteiger charge is -2.19. The first-order valence-electron chi connectivity index (χ1n) is 7.29. The third-order valence-corrected chi connectivity index (χ3v) is 4.40. The van der Waals surface area contributed by atoms with Crippen molar-refractivity contribution in [2.75, 3.05) is 7.11 Å². The lowest BCUT2D eigenvalue weighted by molar-refractivity contribution is 0.201. The Balaban J connectivity index is 2.05. The molecule has 2 N–H and O–H groups in total. The van der Waals surface area contributed by atoms with E-state index in [1.807, 2.05) is 12.1 Å². The van der Waals surface area contributed by atoms with Crippen LogP contribution in [0.5, 0.6) is 11.5 Å². The molecule has 0 spiro atoms. The SMILES string of the molecule is COc1ccc(Br)c(-c2noc(CN)n2)c1OC1CCCC1. The normalized spacial score (nSPS) is 15.2. The third kappa shape index (κ3) is 2.96. The zero-order valence-electron chi connectivity index (χ0n) is 12.3. The van der Waals surface area contributed by atoms with Gasteiger partial charge in [0.15, 0.2) is 11.5 Å². The minimum Gasteiger partial charge on any atom is -0.493 e. The van der Waals surface area contributed by atoms with Gasteiger partial charge < -0.3 is 19.7 Å². The smallest absolute Gasteiger partial charge is 0.240 e. The molecule has 6 nitrogen and oxygen atoms in total. The molecule has 1 aliphatic rings. The molecule has 22 heavy (non-hydrogen) atoms. The molecule has 0 amide bonds. The van der Waals surface area contributed by atoms with Crippen molar-refractivity contribution in [3.63, 3.8) is 0 Å². The van der Waals surface area contributed by atoms with E-state index >= 15 is 0 Å². The van der Waals surface area contributed by atoms with Crippen molar-refractivity contribution in [1.29, 1.82) is 0 Å². The second-order valence-corrected chi connectivity index (χ2v) is 6.05. The summed E-state index contributed by atoms with van der Waals surface area (Å²) in [6.07, 6.45) is 4.68. The molecule has 1 saturated carbocycles. The lowest BCUT2D eigenvalue weighted by Crippen LogP contribution is -2.12. The summed E-state index contributed by atoms with van der Waals surface area (Å²) in [7, 11) is 1.62. The van der Waals surface area contributed by atoms with Crippen LogP contribution in [0.4, 0.5) is 0 Å². The summed E-state index contributed by atoms with van der Waals surface area (Å²) in [5.74, 6) is 2.13. The highest BCUT2D eigenvalue weighted by molar-refractivity contribution is 9.10. The van der Waals surface area contributed by atoms with Gasteiger partial charge in [-0.2, -0.15) is 4.98 Å². The summed E-state index contributed by atoms with van der Waals surface area (Å²) in [4.78, 5) is 4.30. The highest BCUT2D eigenvalue weighted by Crippen LogP contribution is 2.43. The summed E-state index contributed by atoms with van der Waals surface area (Å²) in [6, 6.07) is 3.75. The third-order valence-electron chi connectivity index (χ3n) is 3.74. The molecule has 0 atom stereocenters. The maximum atomic E-state index is 6.20. The minimum atomic E-state index is 0.197. The fraction of sp³-hybridized carbons (Fsp3) is 0.467. The van der Waals surface area contributed by atoms with Crippen LogP contribution in [0.3, 0.4) is 0 Å². The largest absolute Gasteiger partial charge is 0.493 e. The van der Waals surface area contributed by atoms with Gasteiger partial charge in [-0.3, -0.25) is 0 Å². The second kappa shape index (κ2) is 6.66. The Kier molecular flexibility index (Phi) is 4.63. The van der Waals surface area contributed by atoms with Crippen LogP contribution in [-0.4, -0.2) is 23.4 Å². The number of methoxy groups -OCH3 is 1. The second-order valence-electron chi connectivity index (χ2n) is 5.19. The van der Waals surface area contributed by atoms with E-state index in [0.717, 1.165) is 22.9 Å². The Hall–Kier alpha value is -1.60. The minimum absolute atomic E-state index is 0.197. The molecule has 118 valence electrons. The Bertz CT molecular complexity index is 653. The summed E-state index contributed by atoms with van der Waals surface area (Å²) >= 11 is 3.54. The Labute approximate surface area is 137 Å². The van der Waals surface area contributed by atoms with Gasteiger partial charge in [-0.15, -0.1) is 0 Å². The van der Waals surface area contributed by atoms with E-state index in [-0.39, 0.29) is 12.6 Å². The van der Waals surface area contributed by atoms with Crippen molar-refractivity contribution in [1.82, 2.24) is 10.1 Å². The van der Waals surface area contributed by atoms with Crippen LogP contribution < -0.4 is 15.2 Å². The number of nitrogens with two attached hydrogens (primary N) is 1. The number of aromatic nitrogens is 2. The first kappa shape index (κ1) is 15.3. The number of rotatable bonds is 5. The van der Waals surface area contributed by atoms with Gasteiger partial charge >= 0.3 is 0 Å². The van der Waals surface area contributed by atoms with E-state index in [1.54, 1.807) is 7.11 Å². The number of hydrogen-bond donors (Lipinski definition) is 1. The molecule has 1 fully saturated rings. The Morgan fingerprint density at radius 3 is 2.77 bits per heavy atom. The van der Waals surface area contributed by atoms with E-state index in [9.17, 15) is 0 Å². The van der Waals surface area contributed by atoms with Gasteiger partial charge in [0.25, 0.3) is 0 Å². The molecule has 1 aromatic heterocycles. The predicted octanol–water partition coefficient (Wildman–Crippen LogP) is 3.29. The van der Waals surface area contributed by atoms with Crippen LogP contribution in [0.25, 0.3) is 11.4 Å². The quantitative estimate of drug-likeness (QED) is 0.872. The Morgan fingerprint density at radius 2 is 2.14 bits per heavy atom. The van der Waals surface area contributed by atoms with Gasteiger partial charge in [0.05, 0.1) is 25.3 Å². The zero-order chi connectivity index (χ0) is 15.5. The summed E-state index contributed by atoms with van der Waals surface area (Å²) < 4.78 is 17.6. The first-order chi connectivity index (χ1) is 10.7. The molecular weight excluding hydrogens is 350 g/mol. The maximum absolute atomic E-state index is 6.20.